The molecule has 1 atom stereocenters. The molecule has 0 aliphatic rings. The molecule has 0 saturated carbocycles. The second kappa shape index (κ2) is 9.52. The Morgan fingerprint density at radius 1 is 1.38 bits per heavy atom. The zero-order chi connectivity index (χ0) is 15.7. The van der Waals surface area contributed by atoms with Crippen molar-refractivity contribution in [3.63, 3.8) is 0 Å². The number of imidazole rings is 1. The Kier molecular flexibility index (Phi) is 8.00. The lowest BCUT2D eigenvalue weighted by atomic mass is 10.2. The van der Waals surface area contributed by atoms with E-state index < -0.39 is 6.04 Å². The van der Waals surface area contributed by atoms with Crippen molar-refractivity contribution in [2.75, 3.05) is 32.8 Å². The van der Waals surface area contributed by atoms with Gasteiger partial charge in [-0.25, -0.2) is 9.78 Å². The minimum atomic E-state index is -0.456. The highest BCUT2D eigenvalue weighted by atomic mass is 16.5. The highest BCUT2D eigenvalue weighted by Gasteiger charge is 2.24. The maximum atomic E-state index is 12.2. The molecule has 0 amide bonds. The number of nitrogens with one attached hydrogen (secondary N) is 1. The number of hydrogen-bond acceptors (Lipinski definition) is 5. The average molecular weight is 296 g/mol. The molecule has 0 radical (unpaired) electrons. The van der Waals surface area contributed by atoms with Gasteiger partial charge in [-0.05, 0) is 26.9 Å². The van der Waals surface area contributed by atoms with E-state index in [9.17, 15) is 4.79 Å². The third-order valence-electron chi connectivity index (χ3n) is 3.57. The summed E-state index contributed by atoms with van der Waals surface area (Å²) >= 11 is 0. The molecule has 1 heterocycles. The fourth-order valence-corrected chi connectivity index (χ4v) is 2.28. The molecule has 0 bridgehead atoms. The van der Waals surface area contributed by atoms with Crippen molar-refractivity contribution in [2.45, 2.75) is 40.3 Å². The Morgan fingerprint density at radius 3 is 2.67 bits per heavy atom. The number of ether oxygens (including phenoxy) is 1. The van der Waals surface area contributed by atoms with Crippen LogP contribution in [0.25, 0.3) is 0 Å². The Morgan fingerprint density at radius 2 is 2.10 bits per heavy atom. The number of hydrogen-bond donors (Lipinski definition) is 1. The fourth-order valence-electron chi connectivity index (χ4n) is 2.28. The van der Waals surface area contributed by atoms with Gasteiger partial charge in [0.2, 0.25) is 0 Å². The highest BCUT2D eigenvalue weighted by Crippen LogP contribution is 2.14. The summed E-state index contributed by atoms with van der Waals surface area (Å²) in [6, 6.07) is -0.456. The van der Waals surface area contributed by atoms with Gasteiger partial charge in [-0.3, -0.25) is 5.32 Å². The third kappa shape index (κ3) is 5.13. The van der Waals surface area contributed by atoms with Crippen LogP contribution in [0.4, 0.5) is 0 Å². The van der Waals surface area contributed by atoms with E-state index in [1.807, 2.05) is 18.4 Å². The van der Waals surface area contributed by atoms with Crippen LogP contribution >= 0.6 is 0 Å². The van der Waals surface area contributed by atoms with Gasteiger partial charge in [-0.2, -0.15) is 0 Å². The standard InChI is InChI=1S/C15H28N4O2/c1-5-18(6-2)10-9-17-14(15(20)21-8-4)13-11-16-12-19(13)7-3/h11-12,14,17H,5-10H2,1-4H3. The Hall–Kier alpha value is -1.40. The first-order valence-corrected chi connectivity index (χ1v) is 7.80. The van der Waals surface area contributed by atoms with E-state index in [2.05, 4.69) is 29.0 Å². The number of esters is 1. The molecule has 1 rings (SSSR count). The lowest BCUT2D eigenvalue weighted by Gasteiger charge is -2.22. The van der Waals surface area contributed by atoms with Crippen LogP contribution in [-0.2, 0) is 16.1 Å². The van der Waals surface area contributed by atoms with Gasteiger partial charge in [-0.1, -0.05) is 13.8 Å². The van der Waals surface area contributed by atoms with Crippen molar-refractivity contribution in [1.82, 2.24) is 19.8 Å². The summed E-state index contributed by atoms with van der Waals surface area (Å²) < 4.78 is 7.15. The summed E-state index contributed by atoms with van der Waals surface area (Å²) in [5.41, 5.74) is 0.857. The quantitative estimate of drug-likeness (QED) is 0.662. The van der Waals surface area contributed by atoms with Crippen molar-refractivity contribution in [3.8, 4) is 0 Å². The van der Waals surface area contributed by atoms with Gasteiger partial charge >= 0.3 is 5.97 Å². The van der Waals surface area contributed by atoms with E-state index in [1.165, 1.54) is 0 Å². The molecule has 0 aromatic carbocycles. The molecular formula is C15H28N4O2. The first-order valence-electron chi connectivity index (χ1n) is 7.80. The van der Waals surface area contributed by atoms with Crippen LogP contribution in [0.5, 0.6) is 0 Å². The maximum absolute atomic E-state index is 12.2. The highest BCUT2D eigenvalue weighted by molar-refractivity contribution is 5.77. The number of rotatable bonds is 10. The lowest BCUT2D eigenvalue weighted by Crippen LogP contribution is -2.37. The first kappa shape index (κ1) is 17.7. The topological polar surface area (TPSA) is 59.4 Å². The molecule has 120 valence electrons. The summed E-state index contributed by atoms with van der Waals surface area (Å²) in [6.45, 7) is 13.0. The van der Waals surface area contributed by atoms with Gasteiger partial charge < -0.3 is 14.2 Å². The molecule has 0 aliphatic carbocycles. The average Bonchev–Trinajstić information content (AvgIpc) is 2.96. The molecule has 1 N–H and O–H groups in total. The van der Waals surface area contributed by atoms with Gasteiger partial charge in [0.05, 0.1) is 24.8 Å². The van der Waals surface area contributed by atoms with Crippen molar-refractivity contribution < 1.29 is 9.53 Å². The molecule has 0 fully saturated rings. The van der Waals surface area contributed by atoms with Crippen LogP contribution in [0, 0.1) is 0 Å². The number of nitrogens with zero attached hydrogens (tertiary/aromatic N) is 3. The zero-order valence-electron chi connectivity index (χ0n) is 13.6. The van der Waals surface area contributed by atoms with Gasteiger partial charge in [0.1, 0.15) is 6.04 Å². The normalized spacial score (nSPS) is 12.6. The monoisotopic (exact) mass is 296 g/mol. The third-order valence-corrected chi connectivity index (χ3v) is 3.57. The summed E-state index contributed by atoms with van der Waals surface area (Å²) in [5.74, 6) is -0.243. The molecule has 1 aromatic heterocycles. The van der Waals surface area contributed by atoms with Crippen LogP contribution in [0.3, 0.4) is 0 Å². The second-order valence-corrected chi connectivity index (χ2v) is 4.77. The van der Waals surface area contributed by atoms with E-state index in [1.54, 1.807) is 12.5 Å². The van der Waals surface area contributed by atoms with Crippen molar-refractivity contribution >= 4 is 5.97 Å². The molecule has 0 aliphatic heterocycles. The van der Waals surface area contributed by atoms with Gasteiger partial charge in [0.25, 0.3) is 0 Å². The lowest BCUT2D eigenvalue weighted by molar-refractivity contribution is -0.146. The molecule has 1 unspecified atom stereocenters. The first-order chi connectivity index (χ1) is 10.2. The van der Waals surface area contributed by atoms with E-state index in [4.69, 9.17) is 4.74 Å². The number of aryl methyl sites for hydroxylation is 1. The van der Waals surface area contributed by atoms with E-state index >= 15 is 0 Å². The number of aromatic nitrogens is 2. The predicted molar refractivity (Wildman–Crippen MR) is 83.1 cm³/mol. The van der Waals surface area contributed by atoms with Gasteiger partial charge in [-0.15, -0.1) is 0 Å². The molecule has 0 saturated heterocycles. The van der Waals surface area contributed by atoms with E-state index in [-0.39, 0.29) is 5.97 Å². The van der Waals surface area contributed by atoms with E-state index in [0.29, 0.717) is 6.61 Å². The largest absolute Gasteiger partial charge is 0.465 e. The smallest absolute Gasteiger partial charge is 0.329 e. The predicted octanol–water partition coefficient (Wildman–Crippen LogP) is 1.44. The minimum absolute atomic E-state index is 0.243. The SMILES string of the molecule is CCOC(=O)C(NCCN(CC)CC)c1cncn1CC. The second-order valence-electron chi connectivity index (χ2n) is 4.77. The summed E-state index contributed by atoms with van der Waals surface area (Å²) in [4.78, 5) is 18.6. The molecule has 6 nitrogen and oxygen atoms in total. The molecule has 21 heavy (non-hydrogen) atoms. The number of carbonyl (C=O) groups is 1. The Balaban J connectivity index is 2.72. The number of carbonyl (C=O) groups excluding carboxylic acids is 1. The van der Waals surface area contributed by atoms with Crippen molar-refractivity contribution in [3.05, 3.63) is 18.2 Å². The molecule has 1 aromatic rings. The van der Waals surface area contributed by atoms with Crippen molar-refractivity contribution in [1.29, 1.82) is 0 Å². The Bertz CT molecular complexity index is 416. The Labute approximate surface area is 127 Å². The van der Waals surface area contributed by atoms with Gasteiger partial charge in [0.15, 0.2) is 0 Å². The molecular weight excluding hydrogens is 268 g/mol. The van der Waals surface area contributed by atoms with Crippen molar-refractivity contribution in [2.24, 2.45) is 0 Å². The maximum Gasteiger partial charge on any atom is 0.329 e. The van der Waals surface area contributed by atoms with Crippen LogP contribution in [0.1, 0.15) is 39.4 Å². The van der Waals surface area contributed by atoms with Gasteiger partial charge in [0, 0.05) is 19.6 Å². The summed E-state index contributed by atoms with van der Waals surface area (Å²) in [6.07, 6.45) is 3.48. The molecule has 6 heteroatoms. The van der Waals surface area contributed by atoms with Crippen LogP contribution in [-0.4, -0.2) is 53.2 Å². The van der Waals surface area contributed by atoms with Crippen LogP contribution in [0.2, 0.25) is 0 Å². The zero-order valence-corrected chi connectivity index (χ0v) is 13.6. The van der Waals surface area contributed by atoms with Crippen LogP contribution in [0.15, 0.2) is 12.5 Å². The van der Waals surface area contributed by atoms with E-state index in [0.717, 1.165) is 38.4 Å². The number of likely N-dealkylation sites (N-methyl/N-ethyl adjacent to an activating group) is 1. The van der Waals surface area contributed by atoms with Crippen LogP contribution < -0.4 is 5.32 Å². The fraction of sp³-hybridized carbons (Fsp3) is 0.733. The summed E-state index contributed by atoms with van der Waals surface area (Å²) in [5, 5.41) is 3.30. The molecule has 0 spiro atoms. The minimum Gasteiger partial charge on any atom is -0.465 e. The summed E-state index contributed by atoms with van der Waals surface area (Å²) in [7, 11) is 0.